The van der Waals surface area contributed by atoms with E-state index in [1.165, 1.54) is 25.7 Å². The average Bonchev–Trinajstić information content (AvgIpc) is 2.53. The number of hydrogen-bond acceptors (Lipinski definition) is 1. The zero-order valence-corrected chi connectivity index (χ0v) is 10.1. The van der Waals surface area contributed by atoms with Crippen LogP contribution in [0, 0.1) is 9.62 Å². The minimum Gasteiger partial charge on any atom is -0.269 e. The summed E-state index contributed by atoms with van der Waals surface area (Å²) >= 11 is 2.27. The third-order valence-corrected chi connectivity index (χ3v) is 3.51. The molecule has 0 N–H and O–H groups in total. The van der Waals surface area contributed by atoms with E-state index >= 15 is 0 Å². The predicted molar refractivity (Wildman–Crippen MR) is 61.6 cm³/mol. The molecule has 0 saturated heterocycles. The van der Waals surface area contributed by atoms with Crippen LogP contribution >= 0.6 is 22.6 Å². The van der Waals surface area contributed by atoms with Gasteiger partial charge in [0.2, 0.25) is 0 Å². The van der Waals surface area contributed by atoms with Crippen LogP contribution in [0.1, 0.15) is 38.6 Å². The Balaban J connectivity index is 2.02. The van der Waals surface area contributed by atoms with Gasteiger partial charge in [0.25, 0.3) is 0 Å². The molecule has 0 unspecified atom stereocenters. The van der Waals surface area contributed by atoms with Crippen molar-refractivity contribution in [3.8, 4) is 0 Å². The third-order valence-electron chi connectivity index (χ3n) is 2.94. The summed E-state index contributed by atoms with van der Waals surface area (Å²) in [5.74, 6) is 0.922. The molecule has 0 spiro atoms. The standard InChI is InChI=1S/C10H15IN2/c1-8-2-4-9(5-3-8)13-7-6-10(11)12-13/h6-9H,2-5H2,1H3. The fourth-order valence-electron chi connectivity index (χ4n) is 2.03. The molecule has 1 aliphatic rings. The Morgan fingerprint density at radius 3 is 2.62 bits per heavy atom. The zero-order chi connectivity index (χ0) is 9.26. The largest absolute Gasteiger partial charge is 0.269 e. The minimum absolute atomic E-state index is 0.666. The van der Waals surface area contributed by atoms with Crippen LogP contribution in [0.25, 0.3) is 0 Å². The van der Waals surface area contributed by atoms with Gasteiger partial charge in [0, 0.05) is 6.20 Å². The molecule has 2 rings (SSSR count). The molecule has 2 nitrogen and oxygen atoms in total. The molecule has 0 amide bonds. The normalized spacial score (nSPS) is 29.1. The van der Waals surface area contributed by atoms with Crippen LogP contribution < -0.4 is 0 Å². The second-order valence-corrected chi connectivity index (χ2v) is 5.14. The van der Waals surface area contributed by atoms with Crippen molar-refractivity contribution in [2.75, 3.05) is 0 Å². The van der Waals surface area contributed by atoms with Crippen molar-refractivity contribution in [1.29, 1.82) is 0 Å². The summed E-state index contributed by atoms with van der Waals surface area (Å²) < 4.78 is 3.25. The molecule has 0 bridgehead atoms. The Bertz CT molecular complexity index is 274. The third kappa shape index (κ3) is 2.24. The lowest BCUT2D eigenvalue weighted by molar-refractivity contribution is 0.273. The first-order chi connectivity index (χ1) is 6.25. The van der Waals surface area contributed by atoms with Gasteiger partial charge in [-0.15, -0.1) is 0 Å². The van der Waals surface area contributed by atoms with E-state index in [0.29, 0.717) is 6.04 Å². The van der Waals surface area contributed by atoms with Crippen LogP contribution in [0.5, 0.6) is 0 Å². The summed E-state index contributed by atoms with van der Waals surface area (Å²) in [6.45, 7) is 2.35. The molecular formula is C10H15IN2. The summed E-state index contributed by atoms with van der Waals surface area (Å²) in [4.78, 5) is 0. The lowest BCUT2D eigenvalue weighted by Crippen LogP contribution is -2.17. The van der Waals surface area contributed by atoms with Crippen LogP contribution in [-0.2, 0) is 0 Å². The van der Waals surface area contributed by atoms with E-state index < -0.39 is 0 Å². The minimum atomic E-state index is 0.666. The van der Waals surface area contributed by atoms with Gasteiger partial charge in [-0.1, -0.05) is 6.92 Å². The van der Waals surface area contributed by atoms with Crippen LogP contribution in [-0.4, -0.2) is 9.78 Å². The van der Waals surface area contributed by atoms with Gasteiger partial charge in [-0.05, 0) is 60.3 Å². The molecule has 1 heterocycles. The first-order valence-corrected chi connectivity index (χ1v) is 6.04. The van der Waals surface area contributed by atoms with E-state index in [0.717, 1.165) is 9.62 Å². The van der Waals surface area contributed by atoms with Gasteiger partial charge in [0.15, 0.2) is 0 Å². The van der Waals surface area contributed by atoms with E-state index in [1.54, 1.807) is 0 Å². The monoisotopic (exact) mass is 290 g/mol. The Kier molecular flexibility index (Phi) is 2.91. The highest BCUT2D eigenvalue weighted by atomic mass is 127. The van der Waals surface area contributed by atoms with Gasteiger partial charge < -0.3 is 0 Å². The fraction of sp³-hybridized carbons (Fsp3) is 0.700. The molecule has 1 saturated carbocycles. The van der Waals surface area contributed by atoms with Crippen LogP contribution in [0.2, 0.25) is 0 Å². The van der Waals surface area contributed by atoms with Crippen molar-refractivity contribution in [2.24, 2.45) is 5.92 Å². The van der Waals surface area contributed by atoms with Gasteiger partial charge in [0.05, 0.1) is 6.04 Å². The highest BCUT2D eigenvalue weighted by Crippen LogP contribution is 2.31. The summed E-state index contributed by atoms with van der Waals surface area (Å²) in [5, 5.41) is 4.46. The number of nitrogens with zero attached hydrogens (tertiary/aromatic N) is 2. The molecule has 1 aromatic heterocycles. The lowest BCUT2D eigenvalue weighted by Gasteiger charge is -2.26. The topological polar surface area (TPSA) is 17.8 Å². The van der Waals surface area contributed by atoms with Gasteiger partial charge >= 0.3 is 0 Å². The Morgan fingerprint density at radius 2 is 2.08 bits per heavy atom. The maximum Gasteiger partial charge on any atom is 0.123 e. The molecule has 1 fully saturated rings. The van der Waals surface area contributed by atoms with Crippen LogP contribution in [0.15, 0.2) is 12.3 Å². The Hall–Kier alpha value is -0.0600. The number of aromatic nitrogens is 2. The van der Waals surface area contributed by atoms with Gasteiger partial charge in [-0.2, -0.15) is 5.10 Å². The second kappa shape index (κ2) is 3.98. The van der Waals surface area contributed by atoms with Gasteiger partial charge in [-0.3, -0.25) is 4.68 Å². The maximum absolute atomic E-state index is 4.46. The Labute approximate surface area is 92.8 Å². The molecular weight excluding hydrogens is 275 g/mol. The summed E-state index contributed by atoms with van der Waals surface area (Å²) in [7, 11) is 0. The summed E-state index contributed by atoms with van der Waals surface area (Å²) in [6, 6.07) is 2.75. The average molecular weight is 290 g/mol. The SMILES string of the molecule is CC1CCC(n2ccc(I)n2)CC1. The van der Waals surface area contributed by atoms with Crippen molar-refractivity contribution >= 4 is 22.6 Å². The molecule has 0 aromatic carbocycles. The highest BCUT2D eigenvalue weighted by Gasteiger charge is 2.19. The van der Waals surface area contributed by atoms with Crippen LogP contribution in [0.3, 0.4) is 0 Å². The summed E-state index contributed by atoms with van der Waals surface area (Å²) in [6.07, 6.45) is 7.45. The van der Waals surface area contributed by atoms with Crippen molar-refractivity contribution in [2.45, 2.75) is 38.6 Å². The number of hydrogen-bond donors (Lipinski definition) is 0. The molecule has 1 aromatic rings. The molecule has 0 atom stereocenters. The van der Waals surface area contributed by atoms with E-state index in [9.17, 15) is 0 Å². The zero-order valence-electron chi connectivity index (χ0n) is 7.91. The van der Waals surface area contributed by atoms with E-state index in [2.05, 4.69) is 51.6 Å². The van der Waals surface area contributed by atoms with Gasteiger partial charge in [0.1, 0.15) is 3.70 Å². The Morgan fingerprint density at radius 1 is 1.38 bits per heavy atom. The quantitative estimate of drug-likeness (QED) is 0.726. The fourth-order valence-corrected chi connectivity index (χ4v) is 2.44. The molecule has 3 heteroatoms. The highest BCUT2D eigenvalue weighted by molar-refractivity contribution is 14.1. The van der Waals surface area contributed by atoms with E-state index in [4.69, 9.17) is 0 Å². The molecule has 72 valence electrons. The molecule has 0 radical (unpaired) electrons. The van der Waals surface area contributed by atoms with Crippen LogP contribution in [0.4, 0.5) is 0 Å². The van der Waals surface area contributed by atoms with Crippen molar-refractivity contribution < 1.29 is 0 Å². The van der Waals surface area contributed by atoms with Crippen molar-refractivity contribution in [1.82, 2.24) is 9.78 Å². The van der Waals surface area contributed by atoms with E-state index in [-0.39, 0.29) is 0 Å². The number of halogens is 1. The van der Waals surface area contributed by atoms with Gasteiger partial charge in [-0.25, -0.2) is 0 Å². The van der Waals surface area contributed by atoms with Crippen molar-refractivity contribution in [3.63, 3.8) is 0 Å². The second-order valence-electron chi connectivity index (χ2n) is 4.03. The van der Waals surface area contributed by atoms with E-state index in [1.807, 2.05) is 0 Å². The first kappa shape index (κ1) is 9.49. The number of rotatable bonds is 1. The van der Waals surface area contributed by atoms with Crippen molar-refractivity contribution in [3.05, 3.63) is 16.0 Å². The predicted octanol–water partition coefficient (Wildman–Crippen LogP) is 3.24. The molecule has 0 aliphatic heterocycles. The summed E-state index contributed by atoms with van der Waals surface area (Å²) in [5.41, 5.74) is 0. The molecule has 13 heavy (non-hydrogen) atoms. The lowest BCUT2D eigenvalue weighted by atomic mass is 9.87. The molecule has 1 aliphatic carbocycles. The smallest absolute Gasteiger partial charge is 0.123 e. The maximum atomic E-state index is 4.46. The first-order valence-electron chi connectivity index (χ1n) is 4.96.